The van der Waals surface area contributed by atoms with E-state index < -0.39 is 17.6 Å². The van der Waals surface area contributed by atoms with E-state index in [1.165, 1.54) is 11.0 Å². The zero-order valence-corrected chi connectivity index (χ0v) is 23.8. The summed E-state index contributed by atoms with van der Waals surface area (Å²) in [5, 5.41) is 11.8. The number of rotatable bonds is 7. The van der Waals surface area contributed by atoms with Crippen molar-refractivity contribution in [3.05, 3.63) is 76.4 Å². The normalized spacial score (nSPS) is 26.4. The van der Waals surface area contributed by atoms with Crippen molar-refractivity contribution in [3.63, 3.8) is 0 Å². The lowest BCUT2D eigenvalue weighted by molar-refractivity contribution is -0.138. The molecule has 0 bridgehead atoms. The van der Waals surface area contributed by atoms with Gasteiger partial charge in [-0.2, -0.15) is 13.2 Å². The summed E-state index contributed by atoms with van der Waals surface area (Å²) in [7, 11) is 1.92. The molecule has 7 rings (SSSR count). The highest BCUT2D eigenvalue weighted by Crippen LogP contribution is 2.52. The standard InChI is InChI=1S/C31H35F3N6O2/c1-19-11-30(12-19,29-37-36-18-38(29)2)21-4-3-5-22(10-21)40-17-26-25(28(40)41)8-20(9-27(26)31(32,33)34)14-39-15-24(16-39)42-23-6-7-35-13-23/h3-5,8-10,18-19,23-24,35H,6-7,11-17H2,1-2H3/t19?,23-,30?/m1/s1. The molecule has 1 atom stereocenters. The van der Waals surface area contributed by atoms with Crippen molar-refractivity contribution in [2.45, 2.75) is 63.1 Å². The molecule has 1 aromatic heterocycles. The number of carbonyl (C=O) groups is 1. The molecule has 2 saturated heterocycles. The molecule has 0 radical (unpaired) electrons. The van der Waals surface area contributed by atoms with Crippen LogP contribution in [0.4, 0.5) is 18.9 Å². The highest BCUT2D eigenvalue weighted by Gasteiger charge is 2.48. The van der Waals surface area contributed by atoms with Crippen molar-refractivity contribution in [3.8, 4) is 0 Å². The van der Waals surface area contributed by atoms with E-state index in [4.69, 9.17) is 4.74 Å². The Morgan fingerprint density at radius 3 is 2.62 bits per heavy atom. The number of hydrogen-bond donors (Lipinski definition) is 1. The van der Waals surface area contributed by atoms with Gasteiger partial charge in [-0.25, -0.2) is 0 Å². The molecule has 8 nitrogen and oxygen atoms in total. The summed E-state index contributed by atoms with van der Waals surface area (Å²) in [4.78, 5) is 17.3. The number of fused-ring (bicyclic) bond motifs is 1. The summed E-state index contributed by atoms with van der Waals surface area (Å²) in [5.41, 5.74) is 1.20. The van der Waals surface area contributed by atoms with Crippen molar-refractivity contribution in [1.29, 1.82) is 0 Å². The van der Waals surface area contributed by atoms with Gasteiger partial charge in [-0.05, 0) is 72.7 Å². The molecule has 3 fully saturated rings. The molecule has 0 spiro atoms. The summed E-state index contributed by atoms with van der Waals surface area (Å²) < 4.78 is 51.0. The number of aryl methyl sites for hydroxylation is 1. The SMILES string of the molecule is CC1CC(c2cccc(N3Cc4c(cc(CN5CC(O[C@@H]6CCNC6)C5)cc4C(F)(F)F)C3=O)c2)(c2nncn2C)C1. The summed E-state index contributed by atoms with van der Waals surface area (Å²) >= 11 is 0. The number of anilines is 1. The minimum absolute atomic E-state index is 0.0421. The van der Waals surface area contributed by atoms with Crippen molar-refractivity contribution >= 4 is 11.6 Å². The molecule has 11 heteroatoms. The number of halogens is 3. The maximum absolute atomic E-state index is 14.3. The maximum atomic E-state index is 14.3. The second-order valence-electron chi connectivity index (χ2n) is 12.5. The van der Waals surface area contributed by atoms with E-state index in [1.54, 1.807) is 18.5 Å². The van der Waals surface area contributed by atoms with Crippen LogP contribution in [0.5, 0.6) is 0 Å². The molecule has 3 aliphatic heterocycles. The Morgan fingerprint density at radius 2 is 1.95 bits per heavy atom. The average molecular weight is 581 g/mol. The summed E-state index contributed by atoms with van der Waals surface area (Å²) in [6.07, 6.45) is 0.181. The zero-order chi connectivity index (χ0) is 29.2. The summed E-state index contributed by atoms with van der Waals surface area (Å²) in [6, 6.07) is 10.5. The third kappa shape index (κ3) is 4.71. The topological polar surface area (TPSA) is 75.5 Å². The van der Waals surface area contributed by atoms with Gasteiger partial charge in [0.25, 0.3) is 5.91 Å². The molecule has 222 valence electrons. The first-order valence-corrected chi connectivity index (χ1v) is 14.7. The Hall–Kier alpha value is -3.28. The molecule has 1 aliphatic carbocycles. The van der Waals surface area contributed by atoms with Crippen LogP contribution in [-0.4, -0.2) is 64.0 Å². The molecular formula is C31H35F3N6O2. The van der Waals surface area contributed by atoms with Crippen molar-refractivity contribution in [2.75, 3.05) is 31.1 Å². The molecule has 3 aromatic rings. The fraction of sp³-hybridized carbons (Fsp3) is 0.516. The molecule has 1 amide bonds. The van der Waals surface area contributed by atoms with Gasteiger partial charge in [-0.1, -0.05) is 19.1 Å². The van der Waals surface area contributed by atoms with Gasteiger partial charge in [-0.15, -0.1) is 10.2 Å². The Morgan fingerprint density at radius 1 is 1.14 bits per heavy atom. The zero-order valence-electron chi connectivity index (χ0n) is 23.8. The van der Waals surface area contributed by atoms with Crippen LogP contribution >= 0.6 is 0 Å². The van der Waals surface area contributed by atoms with E-state index >= 15 is 0 Å². The molecule has 1 saturated carbocycles. The first-order valence-electron chi connectivity index (χ1n) is 14.7. The van der Waals surface area contributed by atoms with Gasteiger partial charge < -0.3 is 19.5 Å². The summed E-state index contributed by atoms with van der Waals surface area (Å²) in [5.74, 6) is 0.961. The summed E-state index contributed by atoms with van der Waals surface area (Å²) in [6.45, 7) is 5.57. The Kier molecular flexibility index (Phi) is 6.67. The van der Waals surface area contributed by atoms with Crippen LogP contribution in [0.3, 0.4) is 0 Å². The van der Waals surface area contributed by atoms with E-state index in [1.807, 2.05) is 29.8 Å². The van der Waals surface area contributed by atoms with Crippen molar-refractivity contribution in [2.24, 2.45) is 13.0 Å². The number of ether oxygens (including phenoxy) is 1. The highest BCUT2D eigenvalue weighted by atomic mass is 19.4. The van der Waals surface area contributed by atoms with E-state index in [0.717, 1.165) is 43.7 Å². The lowest BCUT2D eigenvalue weighted by atomic mass is 9.58. The average Bonchev–Trinajstić information content (AvgIpc) is 3.66. The number of benzene rings is 2. The van der Waals surface area contributed by atoms with Crippen LogP contribution in [0, 0.1) is 5.92 Å². The number of nitrogens with zero attached hydrogens (tertiary/aromatic N) is 5. The number of nitrogens with one attached hydrogen (secondary N) is 1. The predicted molar refractivity (Wildman–Crippen MR) is 150 cm³/mol. The molecule has 1 N–H and O–H groups in total. The van der Waals surface area contributed by atoms with E-state index in [2.05, 4.69) is 27.3 Å². The third-order valence-corrected chi connectivity index (χ3v) is 9.38. The first-order chi connectivity index (χ1) is 20.1. The lowest BCUT2D eigenvalue weighted by Crippen LogP contribution is -2.52. The molecule has 4 heterocycles. The Labute approximate surface area is 242 Å². The minimum atomic E-state index is -4.56. The number of hydrogen-bond acceptors (Lipinski definition) is 6. The van der Waals surface area contributed by atoms with Gasteiger partial charge in [0, 0.05) is 44.5 Å². The number of alkyl halides is 3. The van der Waals surface area contributed by atoms with Gasteiger partial charge in [0.2, 0.25) is 0 Å². The minimum Gasteiger partial charge on any atom is -0.371 e. The number of aromatic nitrogens is 3. The van der Waals surface area contributed by atoms with Gasteiger partial charge in [0.05, 0.1) is 29.7 Å². The van der Waals surface area contributed by atoms with Crippen LogP contribution in [0.25, 0.3) is 0 Å². The molecule has 2 aromatic carbocycles. The second-order valence-corrected chi connectivity index (χ2v) is 12.5. The van der Waals surface area contributed by atoms with Gasteiger partial charge >= 0.3 is 6.18 Å². The van der Waals surface area contributed by atoms with Crippen LogP contribution in [0.2, 0.25) is 0 Å². The van der Waals surface area contributed by atoms with Gasteiger partial charge in [-0.3, -0.25) is 9.69 Å². The monoisotopic (exact) mass is 580 g/mol. The first kappa shape index (κ1) is 27.5. The maximum Gasteiger partial charge on any atom is 0.416 e. The van der Waals surface area contributed by atoms with Crippen LogP contribution < -0.4 is 10.2 Å². The second kappa shape index (κ2) is 10.2. The molecule has 42 heavy (non-hydrogen) atoms. The van der Waals surface area contributed by atoms with Crippen molar-refractivity contribution < 1.29 is 22.7 Å². The molecule has 0 unspecified atom stereocenters. The number of carbonyl (C=O) groups excluding carboxylic acids is 1. The molecular weight excluding hydrogens is 545 g/mol. The fourth-order valence-electron chi connectivity index (χ4n) is 7.40. The lowest BCUT2D eigenvalue weighted by Gasteiger charge is -2.46. The number of amides is 1. The smallest absolute Gasteiger partial charge is 0.371 e. The van der Waals surface area contributed by atoms with Crippen molar-refractivity contribution in [1.82, 2.24) is 25.0 Å². The van der Waals surface area contributed by atoms with E-state index in [0.29, 0.717) is 36.8 Å². The highest BCUT2D eigenvalue weighted by molar-refractivity contribution is 6.10. The molecule has 4 aliphatic rings. The largest absolute Gasteiger partial charge is 0.416 e. The van der Waals surface area contributed by atoms with Crippen LogP contribution in [0.15, 0.2) is 42.7 Å². The van der Waals surface area contributed by atoms with Crippen LogP contribution in [-0.2, 0) is 36.5 Å². The van der Waals surface area contributed by atoms with Gasteiger partial charge in [0.15, 0.2) is 0 Å². The van der Waals surface area contributed by atoms with Crippen LogP contribution in [0.1, 0.15) is 64.6 Å². The predicted octanol–water partition coefficient (Wildman–Crippen LogP) is 4.27. The fourth-order valence-corrected chi connectivity index (χ4v) is 7.40. The third-order valence-electron chi connectivity index (χ3n) is 9.38. The Balaban J connectivity index is 1.14. The number of likely N-dealkylation sites (tertiary alicyclic amines) is 1. The van der Waals surface area contributed by atoms with E-state index in [-0.39, 0.29) is 35.3 Å². The van der Waals surface area contributed by atoms with E-state index in [9.17, 15) is 18.0 Å². The van der Waals surface area contributed by atoms with Gasteiger partial charge in [0.1, 0.15) is 12.2 Å². The quantitative estimate of drug-likeness (QED) is 0.450. The Bertz CT molecular complexity index is 1500.